The fourth-order valence-electron chi connectivity index (χ4n) is 2.76. The highest BCUT2D eigenvalue weighted by atomic mass is 32.2. The summed E-state index contributed by atoms with van der Waals surface area (Å²) < 4.78 is 12.6. The zero-order valence-corrected chi connectivity index (χ0v) is 19.3. The summed E-state index contributed by atoms with van der Waals surface area (Å²) in [5.41, 5.74) is 2.26. The normalized spacial score (nSPS) is 12.2. The Morgan fingerprint density at radius 2 is 2.07 bits per heavy atom. The first-order chi connectivity index (χ1) is 14.3. The van der Waals surface area contributed by atoms with Crippen molar-refractivity contribution >= 4 is 17.7 Å². The van der Waals surface area contributed by atoms with E-state index in [-0.39, 0.29) is 17.8 Å². The van der Waals surface area contributed by atoms with Crippen molar-refractivity contribution in [3.05, 3.63) is 35.2 Å². The van der Waals surface area contributed by atoms with Crippen molar-refractivity contribution in [2.45, 2.75) is 64.0 Å². The lowest BCUT2D eigenvalue weighted by Gasteiger charge is -2.15. The molecule has 0 saturated heterocycles. The molecule has 0 bridgehead atoms. The lowest BCUT2D eigenvalue weighted by Crippen LogP contribution is -2.32. The van der Waals surface area contributed by atoms with Gasteiger partial charge in [0.2, 0.25) is 11.1 Å². The van der Waals surface area contributed by atoms with Gasteiger partial charge in [-0.1, -0.05) is 37.7 Å². The Morgan fingerprint density at radius 1 is 1.30 bits per heavy atom. The van der Waals surface area contributed by atoms with Crippen LogP contribution in [-0.2, 0) is 16.1 Å². The maximum atomic E-state index is 12.2. The molecule has 0 aliphatic carbocycles. The molecule has 0 aliphatic rings. The minimum absolute atomic E-state index is 0.0707. The number of aryl methyl sites for hydroxylation is 1. The molecule has 3 N–H and O–H groups in total. The fourth-order valence-corrected chi connectivity index (χ4v) is 3.57. The van der Waals surface area contributed by atoms with Crippen molar-refractivity contribution in [1.29, 1.82) is 0 Å². The van der Waals surface area contributed by atoms with E-state index in [1.54, 1.807) is 0 Å². The topological polar surface area (TPSA) is 104 Å². The average Bonchev–Trinajstić information content (AvgIpc) is 3.05. The maximum absolute atomic E-state index is 12.2. The van der Waals surface area contributed by atoms with E-state index in [2.05, 4.69) is 41.5 Å². The molecule has 30 heavy (non-hydrogen) atoms. The molecule has 0 saturated carbocycles. The first-order valence-electron chi connectivity index (χ1n) is 10.3. The van der Waals surface area contributed by atoms with Crippen LogP contribution in [0.3, 0.4) is 0 Å². The fraction of sp³-hybridized carbons (Fsp3) is 0.571. The summed E-state index contributed by atoms with van der Waals surface area (Å²) in [7, 11) is 0. The first-order valence-corrected chi connectivity index (χ1v) is 11.2. The number of nitrogens with zero attached hydrogens (tertiary/aromatic N) is 3. The molecular weight excluding hydrogens is 402 g/mol. The molecule has 0 aliphatic heterocycles. The van der Waals surface area contributed by atoms with Crippen LogP contribution < -0.4 is 15.9 Å². The summed E-state index contributed by atoms with van der Waals surface area (Å²) in [6, 6.07) is 6.17. The lowest BCUT2D eigenvalue weighted by atomic mass is 10.0. The van der Waals surface area contributed by atoms with Gasteiger partial charge < -0.3 is 20.6 Å². The molecule has 1 aromatic heterocycles. The Bertz CT molecular complexity index is 825. The molecule has 0 spiro atoms. The number of rotatable bonds is 12. The molecule has 9 heteroatoms. The maximum Gasteiger partial charge on any atom is 0.233 e. The number of nitrogens with two attached hydrogens (primary N) is 1. The number of carbonyl (C=O) groups excluding carboxylic acids is 1. The van der Waals surface area contributed by atoms with Crippen LogP contribution in [0.2, 0.25) is 0 Å². The average molecular weight is 436 g/mol. The van der Waals surface area contributed by atoms with Gasteiger partial charge in [-0.15, -0.1) is 10.2 Å². The van der Waals surface area contributed by atoms with E-state index in [1.165, 1.54) is 16.4 Å². The standard InChI is InChI=1S/C21H33N5O3S/c1-6-28-11-7-10-23-20(27)16(5)30-21-25-24-19(26(21)22)13-29-18-12-15(4)8-9-17(18)14(2)3/h8-9,12,14,16H,6-7,10-11,13,22H2,1-5H3,(H,23,27). The molecule has 1 amide bonds. The predicted molar refractivity (Wildman–Crippen MR) is 119 cm³/mol. The second-order valence-corrected chi connectivity index (χ2v) is 8.66. The highest BCUT2D eigenvalue weighted by molar-refractivity contribution is 8.00. The number of hydrogen-bond donors (Lipinski definition) is 2. The number of nitrogens with one attached hydrogen (secondary N) is 1. The third-order valence-corrected chi connectivity index (χ3v) is 5.56. The quantitative estimate of drug-likeness (QED) is 0.300. The van der Waals surface area contributed by atoms with Gasteiger partial charge in [-0.3, -0.25) is 4.79 Å². The van der Waals surface area contributed by atoms with Crippen LogP contribution in [0.15, 0.2) is 23.4 Å². The largest absolute Gasteiger partial charge is 0.485 e. The molecule has 0 radical (unpaired) electrons. The lowest BCUT2D eigenvalue weighted by molar-refractivity contribution is -0.120. The molecule has 1 aromatic carbocycles. The van der Waals surface area contributed by atoms with Gasteiger partial charge in [0.25, 0.3) is 0 Å². The number of carbonyl (C=O) groups is 1. The number of aromatic nitrogens is 3. The molecular formula is C21H33N5O3S. The van der Waals surface area contributed by atoms with Crippen LogP contribution in [0.25, 0.3) is 0 Å². The van der Waals surface area contributed by atoms with E-state index in [0.717, 1.165) is 23.3 Å². The molecule has 1 atom stereocenters. The molecule has 2 aromatic rings. The molecule has 0 fully saturated rings. The smallest absolute Gasteiger partial charge is 0.233 e. The molecule has 1 heterocycles. The van der Waals surface area contributed by atoms with Gasteiger partial charge in [0, 0.05) is 19.8 Å². The Balaban J connectivity index is 1.92. The highest BCUT2D eigenvalue weighted by Crippen LogP contribution is 2.28. The zero-order valence-electron chi connectivity index (χ0n) is 18.5. The zero-order chi connectivity index (χ0) is 22.1. The summed E-state index contributed by atoms with van der Waals surface area (Å²) >= 11 is 1.27. The number of hydrogen-bond acceptors (Lipinski definition) is 7. The third-order valence-electron chi connectivity index (χ3n) is 4.50. The van der Waals surface area contributed by atoms with Crippen molar-refractivity contribution < 1.29 is 14.3 Å². The van der Waals surface area contributed by atoms with E-state index < -0.39 is 0 Å². The van der Waals surface area contributed by atoms with E-state index in [4.69, 9.17) is 15.3 Å². The molecule has 166 valence electrons. The molecule has 8 nitrogen and oxygen atoms in total. The van der Waals surface area contributed by atoms with Crippen molar-refractivity contribution in [3.63, 3.8) is 0 Å². The first kappa shape index (κ1) is 24.0. The van der Waals surface area contributed by atoms with Crippen molar-refractivity contribution in [3.8, 4) is 5.75 Å². The van der Waals surface area contributed by atoms with Crippen molar-refractivity contribution in [1.82, 2.24) is 20.2 Å². The van der Waals surface area contributed by atoms with Crippen LogP contribution in [0.5, 0.6) is 5.75 Å². The highest BCUT2D eigenvalue weighted by Gasteiger charge is 2.19. The number of amides is 1. The molecule has 1 unspecified atom stereocenters. The van der Waals surface area contributed by atoms with Gasteiger partial charge in [0.05, 0.1) is 5.25 Å². The monoisotopic (exact) mass is 435 g/mol. The SMILES string of the molecule is CCOCCCNC(=O)C(C)Sc1nnc(COc2cc(C)ccc2C(C)C)n1N. The third kappa shape index (κ3) is 6.91. The Hall–Kier alpha value is -2.26. The van der Waals surface area contributed by atoms with Crippen LogP contribution in [0.4, 0.5) is 0 Å². The number of ether oxygens (including phenoxy) is 2. The Morgan fingerprint density at radius 3 is 2.77 bits per heavy atom. The van der Waals surface area contributed by atoms with Crippen LogP contribution in [-0.4, -0.2) is 45.8 Å². The summed E-state index contributed by atoms with van der Waals surface area (Å²) in [5.74, 6) is 7.73. The summed E-state index contributed by atoms with van der Waals surface area (Å²) in [4.78, 5) is 12.2. The van der Waals surface area contributed by atoms with Gasteiger partial charge in [0.15, 0.2) is 5.82 Å². The number of nitrogen functional groups attached to an aromatic ring is 1. The van der Waals surface area contributed by atoms with Gasteiger partial charge >= 0.3 is 0 Å². The second-order valence-electron chi connectivity index (χ2n) is 7.36. The summed E-state index contributed by atoms with van der Waals surface area (Å²) in [5, 5.41) is 11.3. The number of thioether (sulfide) groups is 1. The summed E-state index contributed by atoms with van der Waals surface area (Å²) in [6.45, 7) is 12.1. The minimum Gasteiger partial charge on any atom is -0.485 e. The van der Waals surface area contributed by atoms with E-state index >= 15 is 0 Å². The van der Waals surface area contributed by atoms with Crippen LogP contribution >= 0.6 is 11.8 Å². The summed E-state index contributed by atoms with van der Waals surface area (Å²) in [6.07, 6.45) is 0.781. The number of benzene rings is 1. The van der Waals surface area contributed by atoms with E-state index in [1.807, 2.05) is 26.8 Å². The Labute approximate surface area is 182 Å². The van der Waals surface area contributed by atoms with E-state index in [0.29, 0.717) is 36.7 Å². The van der Waals surface area contributed by atoms with Crippen molar-refractivity contribution in [2.24, 2.45) is 0 Å². The Kier molecular flexibility index (Phi) is 9.45. The second kappa shape index (κ2) is 11.8. The van der Waals surface area contributed by atoms with Crippen LogP contribution in [0, 0.1) is 6.92 Å². The van der Waals surface area contributed by atoms with E-state index in [9.17, 15) is 4.79 Å². The van der Waals surface area contributed by atoms with Crippen LogP contribution in [0.1, 0.15) is 57.0 Å². The minimum atomic E-state index is -0.346. The van der Waals surface area contributed by atoms with Gasteiger partial charge in [-0.25, -0.2) is 4.68 Å². The predicted octanol–water partition coefficient (Wildman–Crippen LogP) is 3.03. The molecule has 2 rings (SSSR count). The van der Waals surface area contributed by atoms with Gasteiger partial charge in [-0.05, 0) is 50.3 Å². The van der Waals surface area contributed by atoms with Crippen molar-refractivity contribution in [2.75, 3.05) is 25.6 Å². The van der Waals surface area contributed by atoms with Gasteiger partial charge in [-0.2, -0.15) is 0 Å². The van der Waals surface area contributed by atoms with Gasteiger partial charge in [0.1, 0.15) is 12.4 Å².